The average molecular weight is 210 g/mol. The number of aliphatic hydroxyl groups is 1. The van der Waals surface area contributed by atoms with Crippen molar-refractivity contribution in [2.24, 2.45) is 0 Å². The smallest absolute Gasteiger partial charge is 0.426 e. The third-order valence-electron chi connectivity index (χ3n) is 1.68. The topological polar surface area (TPSA) is 55.8 Å². The molecule has 0 atom stereocenters. The molecule has 0 aliphatic carbocycles. The SMILES string of the molecule is CC(C)(CO)OC(=O)Oc1ccccc1. The van der Waals surface area contributed by atoms with E-state index in [1.54, 1.807) is 38.1 Å². The first kappa shape index (κ1) is 11.5. The molecule has 4 nitrogen and oxygen atoms in total. The molecule has 0 aromatic heterocycles. The number of rotatable bonds is 3. The molecule has 0 saturated heterocycles. The summed E-state index contributed by atoms with van der Waals surface area (Å²) in [5, 5.41) is 8.88. The highest BCUT2D eigenvalue weighted by Crippen LogP contribution is 2.13. The van der Waals surface area contributed by atoms with Gasteiger partial charge < -0.3 is 14.6 Å². The number of para-hydroxylation sites is 1. The number of carbonyl (C=O) groups excluding carboxylic acids is 1. The maximum atomic E-state index is 11.2. The second-order valence-corrected chi connectivity index (χ2v) is 3.68. The molecule has 1 aromatic rings. The molecule has 15 heavy (non-hydrogen) atoms. The first-order chi connectivity index (χ1) is 7.03. The molecular formula is C11H14O4. The molecule has 0 aliphatic rings. The van der Waals surface area contributed by atoms with Gasteiger partial charge in [0.25, 0.3) is 0 Å². The highest BCUT2D eigenvalue weighted by molar-refractivity contribution is 5.64. The van der Waals surface area contributed by atoms with Gasteiger partial charge in [-0.25, -0.2) is 4.79 Å². The Kier molecular flexibility index (Phi) is 3.68. The molecule has 1 aromatic carbocycles. The van der Waals surface area contributed by atoms with Gasteiger partial charge in [-0.3, -0.25) is 0 Å². The van der Waals surface area contributed by atoms with Gasteiger partial charge in [0.05, 0.1) is 6.61 Å². The van der Waals surface area contributed by atoms with Crippen LogP contribution in [0.5, 0.6) is 5.75 Å². The first-order valence-electron chi connectivity index (χ1n) is 4.60. The fourth-order valence-electron chi connectivity index (χ4n) is 0.863. The summed E-state index contributed by atoms with van der Waals surface area (Å²) < 4.78 is 9.76. The normalized spacial score (nSPS) is 10.9. The standard InChI is InChI=1S/C11H14O4/c1-11(2,8-12)15-10(13)14-9-6-4-3-5-7-9/h3-7,12H,8H2,1-2H3. The van der Waals surface area contributed by atoms with E-state index in [1.807, 2.05) is 6.07 Å². The maximum absolute atomic E-state index is 11.2. The van der Waals surface area contributed by atoms with Crippen LogP contribution in [0.3, 0.4) is 0 Å². The van der Waals surface area contributed by atoms with Crippen molar-refractivity contribution in [1.29, 1.82) is 0 Å². The van der Waals surface area contributed by atoms with Crippen LogP contribution in [0.1, 0.15) is 13.8 Å². The molecule has 4 heteroatoms. The molecule has 0 saturated carbocycles. The molecule has 0 bridgehead atoms. The Bertz CT molecular complexity index is 319. The van der Waals surface area contributed by atoms with Crippen LogP contribution in [-0.4, -0.2) is 23.5 Å². The zero-order chi connectivity index (χ0) is 11.3. The van der Waals surface area contributed by atoms with Gasteiger partial charge in [0.1, 0.15) is 11.4 Å². The largest absolute Gasteiger partial charge is 0.514 e. The summed E-state index contributed by atoms with van der Waals surface area (Å²) in [6.07, 6.45) is -0.819. The number of benzene rings is 1. The summed E-state index contributed by atoms with van der Waals surface area (Å²) in [7, 11) is 0. The summed E-state index contributed by atoms with van der Waals surface area (Å²) >= 11 is 0. The van der Waals surface area contributed by atoms with Gasteiger partial charge in [0, 0.05) is 0 Å². The number of aliphatic hydroxyl groups excluding tert-OH is 1. The highest BCUT2D eigenvalue weighted by Gasteiger charge is 2.22. The molecule has 82 valence electrons. The fourth-order valence-corrected chi connectivity index (χ4v) is 0.863. The fraction of sp³-hybridized carbons (Fsp3) is 0.364. The molecule has 0 unspecified atom stereocenters. The monoisotopic (exact) mass is 210 g/mol. The Balaban J connectivity index is 2.51. The molecule has 1 N–H and O–H groups in total. The molecule has 0 spiro atoms. The van der Waals surface area contributed by atoms with Gasteiger partial charge in [0.15, 0.2) is 0 Å². The van der Waals surface area contributed by atoms with Crippen molar-refractivity contribution in [3.63, 3.8) is 0 Å². The molecule has 0 heterocycles. The zero-order valence-corrected chi connectivity index (χ0v) is 8.77. The molecule has 0 aliphatic heterocycles. The summed E-state index contributed by atoms with van der Waals surface area (Å²) in [4.78, 5) is 11.2. The lowest BCUT2D eigenvalue weighted by Gasteiger charge is -2.21. The van der Waals surface area contributed by atoms with E-state index < -0.39 is 11.8 Å². The molecule has 0 fully saturated rings. The van der Waals surface area contributed by atoms with Crippen LogP contribution in [0.2, 0.25) is 0 Å². The third kappa shape index (κ3) is 3.99. The lowest BCUT2D eigenvalue weighted by atomic mass is 10.2. The van der Waals surface area contributed by atoms with Crippen LogP contribution in [0.15, 0.2) is 30.3 Å². The van der Waals surface area contributed by atoms with Crippen molar-refractivity contribution in [1.82, 2.24) is 0 Å². The van der Waals surface area contributed by atoms with Crippen molar-refractivity contribution < 1.29 is 19.4 Å². The van der Waals surface area contributed by atoms with E-state index in [9.17, 15) is 4.79 Å². The van der Waals surface area contributed by atoms with Crippen LogP contribution in [0.25, 0.3) is 0 Å². The molecular weight excluding hydrogens is 196 g/mol. The minimum atomic E-state index is -0.925. The highest BCUT2D eigenvalue weighted by atomic mass is 16.7. The predicted octanol–water partition coefficient (Wildman–Crippen LogP) is 1.97. The number of carbonyl (C=O) groups is 1. The van der Waals surface area contributed by atoms with E-state index >= 15 is 0 Å². The summed E-state index contributed by atoms with van der Waals surface area (Å²) in [5.41, 5.74) is -0.925. The lowest BCUT2D eigenvalue weighted by molar-refractivity contribution is -0.0243. The molecule has 1 rings (SSSR count). The van der Waals surface area contributed by atoms with Crippen molar-refractivity contribution in [3.05, 3.63) is 30.3 Å². The molecule has 0 radical (unpaired) electrons. The van der Waals surface area contributed by atoms with E-state index in [0.29, 0.717) is 5.75 Å². The number of hydrogen-bond acceptors (Lipinski definition) is 4. The average Bonchev–Trinajstić information content (AvgIpc) is 2.18. The minimum absolute atomic E-state index is 0.253. The van der Waals surface area contributed by atoms with E-state index in [2.05, 4.69) is 0 Å². The second kappa shape index (κ2) is 4.79. The van der Waals surface area contributed by atoms with E-state index in [-0.39, 0.29) is 6.61 Å². The van der Waals surface area contributed by atoms with E-state index in [0.717, 1.165) is 0 Å². The van der Waals surface area contributed by atoms with Crippen LogP contribution in [-0.2, 0) is 4.74 Å². The van der Waals surface area contributed by atoms with Gasteiger partial charge in [-0.15, -0.1) is 0 Å². The Morgan fingerprint density at radius 1 is 1.33 bits per heavy atom. The summed E-state index contributed by atoms with van der Waals surface area (Å²) in [6, 6.07) is 8.61. The van der Waals surface area contributed by atoms with Gasteiger partial charge in [0.2, 0.25) is 0 Å². The Morgan fingerprint density at radius 2 is 1.93 bits per heavy atom. The number of ether oxygens (including phenoxy) is 2. The van der Waals surface area contributed by atoms with Crippen molar-refractivity contribution >= 4 is 6.16 Å². The van der Waals surface area contributed by atoms with Gasteiger partial charge >= 0.3 is 6.16 Å². The third-order valence-corrected chi connectivity index (χ3v) is 1.68. The second-order valence-electron chi connectivity index (χ2n) is 3.68. The number of hydrogen-bond donors (Lipinski definition) is 1. The zero-order valence-electron chi connectivity index (χ0n) is 8.77. The lowest BCUT2D eigenvalue weighted by Crippen LogP contribution is -2.33. The van der Waals surface area contributed by atoms with Crippen LogP contribution >= 0.6 is 0 Å². The summed E-state index contributed by atoms with van der Waals surface area (Å²) in [6.45, 7) is 2.94. The van der Waals surface area contributed by atoms with Crippen LogP contribution in [0, 0.1) is 0 Å². The van der Waals surface area contributed by atoms with Crippen molar-refractivity contribution in [3.8, 4) is 5.75 Å². The maximum Gasteiger partial charge on any atom is 0.514 e. The van der Waals surface area contributed by atoms with Gasteiger partial charge in [-0.2, -0.15) is 0 Å². The Labute approximate surface area is 88.4 Å². The van der Waals surface area contributed by atoms with Crippen molar-refractivity contribution in [2.75, 3.05) is 6.61 Å². The van der Waals surface area contributed by atoms with E-state index in [1.165, 1.54) is 0 Å². The first-order valence-corrected chi connectivity index (χ1v) is 4.60. The van der Waals surface area contributed by atoms with Gasteiger partial charge in [-0.05, 0) is 26.0 Å². The van der Waals surface area contributed by atoms with Crippen LogP contribution in [0.4, 0.5) is 4.79 Å². The van der Waals surface area contributed by atoms with Crippen LogP contribution < -0.4 is 4.74 Å². The Hall–Kier alpha value is -1.55. The minimum Gasteiger partial charge on any atom is -0.426 e. The van der Waals surface area contributed by atoms with E-state index in [4.69, 9.17) is 14.6 Å². The predicted molar refractivity (Wildman–Crippen MR) is 54.7 cm³/mol. The van der Waals surface area contributed by atoms with Crippen molar-refractivity contribution in [2.45, 2.75) is 19.4 Å². The quantitative estimate of drug-likeness (QED) is 0.612. The summed E-state index contributed by atoms with van der Waals surface area (Å²) in [5.74, 6) is 0.413. The Morgan fingerprint density at radius 3 is 2.47 bits per heavy atom. The molecule has 0 amide bonds. The van der Waals surface area contributed by atoms with Gasteiger partial charge in [-0.1, -0.05) is 18.2 Å².